The molecule has 0 nitrogen and oxygen atoms in total. The first kappa shape index (κ1) is 8.84. The van der Waals surface area contributed by atoms with E-state index in [-0.39, 0.29) is 0 Å². The average Bonchev–Trinajstić information content (AvgIpc) is 2.28. The third-order valence-corrected chi connectivity index (χ3v) is 5.29. The van der Waals surface area contributed by atoms with E-state index < -0.39 is 0 Å². The fourth-order valence-electron chi connectivity index (χ4n) is 2.90. The van der Waals surface area contributed by atoms with Crippen LogP contribution in [0.2, 0.25) is 0 Å². The summed E-state index contributed by atoms with van der Waals surface area (Å²) in [6.07, 6.45) is 5.98. The maximum atomic E-state index is 2.25. The molecular weight excluding hydrogens is 188 g/mol. The zero-order chi connectivity index (χ0) is 9.38. The Labute approximate surface area is 90.1 Å². The predicted molar refractivity (Wildman–Crippen MR) is 61.5 cm³/mol. The van der Waals surface area contributed by atoms with Gasteiger partial charge in [0, 0.05) is 10.1 Å². The molecule has 2 bridgehead atoms. The van der Waals surface area contributed by atoms with Crippen LogP contribution in [-0.4, -0.2) is 5.25 Å². The highest BCUT2D eigenvalue weighted by Crippen LogP contribution is 2.53. The van der Waals surface area contributed by atoms with Crippen LogP contribution in [-0.2, 0) is 0 Å². The maximum absolute atomic E-state index is 2.25. The van der Waals surface area contributed by atoms with Gasteiger partial charge in [0.15, 0.2) is 0 Å². The van der Waals surface area contributed by atoms with Crippen LogP contribution < -0.4 is 0 Å². The van der Waals surface area contributed by atoms with E-state index >= 15 is 0 Å². The van der Waals surface area contributed by atoms with E-state index in [9.17, 15) is 0 Å². The molecule has 0 saturated heterocycles. The minimum Gasteiger partial charge on any atom is -0.122 e. The van der Waals surface area contributed by atoms with E-state index in [2.05, 4.69) is 42.1 Å². The van der Waals surface area contributed by atoms with Crippen LogP contribution in [0.15, 0.2) is 35.2 Å². The van der Waals surface area contributed by atoms with Crippen molar-refractivity contribution in [1.82, 2.24) is 0 Å². The van der Waals surface area contributed by atoms with Gasteiger partial charge in [-0.15, -0.1) is 11.8 Å². The molecule has 0 N–H and O–H groups in total. The van der Waals surface area contributed by atoms with Crippen LogP contribution in [0.1, 0.15) is 25.7 Å². The van der Waals surface area contributed by atoms with Crippen molar-refractivity contribution in [3.8, 4) is 0 Å². The molecule has 3 rings (SSSR count). The summed E-state index contributed by atoms with van der Waals surface area (Å²) in [5, 5.41) is 0.950. The molecule has 0 radical (unpaired) electrons. The van der Waals surface area contributed by atoms with Gasteiger partial charge < -0.3 is 0 Å². The average molecular weight is 204 g/mol. The molecule has 14 heavy (non-hydrogen) atoms. The molecule has 0 spiro atoms. The number of fused-ring (bicyclic) bond motifs is 2. The summed E-state index contributed by atoms with van der Waals surface area (Å²) < 4.78 is 0. The Morgan fingerprint density at radius 1 is 1.00 bits per heavy atom. The monoisotopic (exact) mass is 204 g/mol. The zero-order valence-corrected chi connectivity index (χ0v) is 9.17. The van der Waals surface area contributed by atoms with Crippen molar-refractivity contribution in [2.45, 2.75) is 35.8 Å². The molecule has 0 aliphatic heterocycles. The van der Waals surface area contributed by atoms with Crippen LogP contribution in [0.4, 0.5) is 0 Å². The molecule has 0 heterocycles. The Kier molecular flexibility index (Phi) is 2.28. The summed E-state index contributed by atoms with van der Waals surface area (Å²) in [4.78, 5) is 1.47. The third kappa shape index (κ3) is 1.48. The number of hydrogen-bond donors (Lipinski definition) is 0. The third-order valence-electron chi connectivity index (χ3n) is 3.70. The summed E-state index contributed by atoms with van der Waals surface area (Å²) in [6, 6.07) is 10.9. The van der Waals surface area contributed by atoms with E-state index in [1.165, 1.54) is 30.6 Å². The standard InChI is InChI=1S/C13H16S/c1-2-7-12(8-3-1)14-13-10-5-4-6-11(13)9-10/h1-3,7-8,10-11,13H,4-6,9H2/t10-,11+,13?. The minimum absolute atomic E-state index is 0.950. The quantitative estimate of drug-likeness (QED) is 0.702. The topological polar surface area (TPSA) is 0 Å². The summed E-state index contributed by atoms with van der Waals surface area (Å²) in [5.41, 5.74) is 0. The molecule has 1 heteroatoms. The first-order valence-electron chi connectivity index (χ1n) is 5.65. The fraction of sp³-hybridized carbons (Fsp3) is 0.538. The normalized spacial score (nSPS) is 35.0. The molecule has 2 aliphatic carbocycles. The Bertz CT molecular complexity index is 292. The molecule has 0 aromatic heterocycles. The Hall–Kier alpha value is -0.430. The van der Waals surface area contributed by atoms with E-state index in [1.807, 2.05) is 0 Å². The second kappa shape index (κ2) is 3.62. The lowest BCUT2D eigenvalue weighted by atomic mass is 9.65. The fourth-order valence-corrected chi connectivity index (χ4v) is 4.41. The van der Waals surface area contributed by atoms with Crippen molar-refractivity contribution in [2.75, 3.05) is 0 Å². The van der Waals surface area contributed by atoms with Gasteiger partial charge in [0.25, 0.3) is 0 Å². The molecule has 74 valence electrons. The molecule has 2 aliphatic rings. The van der Waals surface area contributed by atoms with Gasteiger partial charge in [-0.05, 0) is 43.2 Å². The van der Waals surface area contributed by atoms with Gasteiger partial charge in [0.2, 0.25) is 0 Å². The van der Waals surface area contributed by atoms with E-state index in [1.54, 1.807) is 0 Å². The van der Waals surface area contributed by atoms with Crippen molar-refractivity contribution >= 4 is 11.8 Å². The van der Waals surface area contributed by atoms with E-state index in [0.29, 0.717) is 0 Å². The predicted octanol–water partition coefficient (Wildman–Crippen LogP) is 3.97. The summed E-state index contributed by atoms with van der Waals surface area (Å²) in [5.74, 6) is 2.08. The molecule has 2 fully saturated rings. The molecule has 3 atom stereocenters. The largest absolute Gasteiger partial charge is 0.122 e. The first-order valence-corrected chi connectivity index (χ1v) is 6.53. The highest BCUT2D eigenvalue weighted by Gasteiger charge is 2.43. The van der Waals surface area contributed by atoms with Crippen molar-refractivity contribution in [2.24, 2.45) is 11.8 Å². The highest BCUT2D eigenvalue weighted by atomic mass is 32.2. The van der Waals surface area contributed by atoms with Gasteiger partial charge in [0.05, 0.1) is 0 Å². The van der Waals surface area contributed by atoms with E-state index in [0.717, 1.165) is 17.1 Å². The van der Waals surface area contributed by atoms with Crippen molar-refractivity contribution < 1.29 is 0 Å². The highest BCUT2D eigenvalue weighted by molar-refractivity contribution is 8.00. The van der Waals surface area contributed by atoms with Crippen LogP contribution in [0.5, 0.6) is 0 Å². The van der Waals surface area contributed by atoms with Crippen molar-refractivity contribution in [3.63, 3.8) is 0 Å². The minimum atomic E-state index is 0.950. The number of thioether (sulfide) groups is 1. The number of rotatable bonds is 2. The molecule has 2 saturated carbocycles. The van der Waals surface area contributed by atoms with Gasteiger partial charge in [-0.25, -0.2) is 0 Å². The molecule has 0 amide bonds. The van der Waals surface area contributed by atoms with Crippen LogP contribution in [0.25, 0.3) is 0 Å². The van der Waals surface area contributed by atoms with Gasteiger partial charge in [-0.2, -0.15) is 0 Å². The Balaban J connectivity index is 1.68. The molecule has 1 aromatic carbocycles. The van der Waals surface area contributed by atoms with Crippen LogP contribution in [0.3, 0.4) is 0 Å². The zero-order valence-electron chi connectivity index (χ0n) is 8.36. The van der Waals surface area contributed by atoms with Gasteiger partial charge in [0.1, 0.15) is 0 Å². The SMILES string of the molecule is c1ccc(SC2[C@@H]3CCC[C@H]2C3)cc1. The summed E-state index contributed by atoms with van der Waals surface area (Å²) in [7, 11) is 0. The number of hydrogen-bond acceptors (Lipinski definition) is 1. The molecule has 1 unspecified atom stereocenters. The van der Waals surface area contributed by atoms with Crippen molar-refractivity contribution in [3.05, 3.63) is 30.3 Å². The lowest BCUT2D eigenvalue weighted by molar-refractivity contribution is 0.128. The summed E-state index contributed by atoms with van der Waals surface area (Å²) in [6.45, 7) is 0. The van der Waals surface area contributed by atoms with Gasteiger partial charge in [-0.1, -0.05) is 24.6 Å². The first-order chi connectivity index (χ1) is 6.93. The van der Waals surface area contributed by atoms with E-state index in [4.69, 9.17) is 0 Å². The summed E-state index contributed by atoms with van der Waals surface area (Å²) >= 11 is 2.12. The molecule has 1 aromatic rings. The lowest BCUT2D eigenvalue weighted by Gasteiger charge is -2.49. The van der Waals surface area contributed by atoms with Crippen LogP contribution in [0, 0.1) is 11.8 Å². The molecular formula is C13H16S. The van der Waals surface area contributed by atoms with Gasteiger partial charge in [-0.3, -0.25) is 0 Å². The Morgan fingerprint density at radius 2 is 1.71 bits per heavy atom. The Morgan fingerprint density at radius 3 is 2.36 bits per heavy atom. The maximum Gasteiger partial charge on any atom is 0.0151 e. The second-order valence-corrected chi connectivity index (χ2v) is 5.83. The second-order valence-electron chi connectivity index (χ2n) is 4.58. The smallest absolute Gasteiger partial charge is 0.0151 e. The number of benzene rings is 1. The van der Waals surface area contributed by atoms with Crippen LogP contribution >= 0.6 is 11.8 Å². The van der Waals surface area contributed by atoms with Crippen molar-refractivity contribution in [1.29, 1.82) is 0 Å². The van der Waals surface area contributed by atoms with Gasteiger partial charge >= 0.3 is 0 Å². The lowest BCUT2D eigenvalue weighted by Crippen LogP contribution is -2.43.